The lowest BCUT2D eigenvalue weighted by atomic mass is 10.1. The number of hydrogen-bond acceptors (Lipinski definition) is 5. The van der Waals surface area contributed by atoms with Crippen LogP contribution in [0.4, 0.5) is 4.79 Å². The smallest absolute Gasteiger partial charge is 0.412 e. The molecule has 33 heavy (non-hydrogen) atoms. The van der Waals surface area contributed by atoms with E-state index in [1.165, 1.54) is 6.07 Å². The van der Waals surface area contributed by atoms with Crippen molar-refractivity contribution in [2.75, 3.05) is 13.7 Å². The third-order valence-corrected chi connectivity index (χ3v) is 5.40. The van der Waals surface area contributed by atoms with Crippen molar-refractivity contribution in [2.45, 2.75) is 26.7 Å². The number of ether oxygens (including phenoxy) is 2. The molecule has 0 saturated carbocycles. The fraction of sp³-hybridized carbons (Fsp3) is 0.231. The fourth-order valence-corrected chi connectivity index (χ4v) is 3.69. The highest BCUT2D eigenvalue weighted by Gasteiger charge is 2.14. The lowest BCUT2D eigenvalue weighted by Gasteiger charge is -2.12. The Labute approximate surface area is 191 Å². The Morgan fingerprint density at radius 3 is 2.76 bits per heavy atom. The predicted molar refractivity (Wildman–Crippen MR) is 128 cm³/mol. The number of benzene rings is 2. The van der Waals surface area contributed by atoms with Gasteiger partial charge in [0.1, 0.15) is 17.1 Å². The van der Waals surface area contributed by atoms with E-state index >= 15 is 0 Å². The maximum Gasteiger partial charge on any atom is 0.412 e. The van der Waals surface area contributed by atoms with Crippen LogP contribution in [0.3, 0.4) is 0 Å². The standard InChI is InChI=1S/C26H26N2O5/c1-16(2)4-8-20-23(10-5-17-6-11-24(29)33-25(17)20)32-26(30)27-13-12-18-15-28-22-9-7-19(31-3)14-21(18)22/h4-7,9-11,14-15,28H,8,12-13H2,1-3H3,(H,27,30). The van der Waals surface area contributed by atoms with Gasteiger partial charge >= 0.3 is 11.7 Å². The average Bonchev–Trinajstić information content (AvgIpc) is 3.20. The Balaban J connectivity index is 1.48. The van der Waals surface area contributed by atoms with Crippen LogP contribution < -0.4 is 20.4 Å². The molecule has 2 aromatic carbocycles. The van der Waals surface area contributed by atoms with Crippen LogP contribution in [0.5, 0.6) is 11.5 Å². The summed E-state index contributed by atoms with van der Waals surface area (Å²) < 4.78 is 16.3. The molecule has 0 saturated heterocycles. The van der Waals surface area contributed by atoms with Gasteiger partial charge < -0.3 is 24.2 Å². The van der Waals surface area contributed by atoms with Crippen LogP contribution in [0, 0.1) is 0 Å². The zero-order valence-electron chi connectivity index (χ0n) is 18.9. The molecule has 4 aromatic rings. The number of aromatic amines is 1. The van der Waals surface area contributed by atoms with E-state index in [-0.39, 0.29) is 0 Å². The van der Waals surface area contributed by atoms with E-state index in [4.69, 9.17) is 13.9 Å². The number of carbonyl (C=O) groups excluding carboxylic acids is 1. The summed E-state index contributed by atoms with van der Waals surface area (Å²) in [6.07, 6.45) is 4.47. The van der Waals surface area contributed by atoms with Crippen LogP contribution in [0.15, 0.2) is 69.5 Å². The van der Waals surface area contributed by atoms with Crippen LogP contribution >= 0.6 is 0 Å². The summed E-state index contributed by atoms with van der Waals surface area (Å²) in [5, 5.41) is 4.63. The first-order valence-corrected chi connectivity index (χ1v) is 10.7. The van der Waals surface area contributed by atoms with Crippen molar-refractivity contribution in [1.82, 2.24) is 10.3 Å². The van der Waals surface area contributed by atoms with E-state index in [0.717, 1.165) is 33.2 Å². The Bertz CT molecular complexity index is 1390. The number of methoxy groups -OCH3 is 1. The van der Waals surface area contributed by atoms with Crippen LogP contribution in [0.25, 0.3) is 21.9 Å². The molecule has 0 unspecified atom stereocenters. The molecule has 0 aliphatic carbocycles. The Morgan fingerprint density at radius 1 is 1.15 bits per heavy atom. The lowest BCUT2D eigenvalue weighted by Crippen LogP contribution is -2.29. The average molecular weight is 447 g/mol. The fourth-order valence-electron chi connectivity index (χ4n) is 3.69. The second kappa shape index (κ2) is 9.65. The van der Waals surface area contributed by atoms with Gasteiger partial charge in [-0.15, -0.1) is 0 Å². The molecular formula is C26H26N2O5. The number of aromatic nitrogens is 1. The number of allylic oxidation sites excluding steroid dienone is 2. The first-order chi connectivity index (χ1) is 15.9. The summed E-state index contributed by atoms with van der Waals surface area (Å²) in [4.78, 5) is 27.5. The lowest BCUT2D eigenvalue weighted by molar-refractivity contribution is 0.200. The molecule has 1 amide bonds. The van der Waals surface area contributed by atoms with Crippen molar-refractivity contribution >= 4 is 28.0 Å². The molecule has 4 rings (SSSR count). The quantitative estimate of drug-likeness (QED) is 0.303. The molecule has 0 atom stereocenters. The van der Waals surface area contributed by atoms with Gasteiger partial charge in [-0.2, -0.15) is 0 Å². The molecular weight excluding hydrogens is 420 g/mol. The van der Waals surface area contributed by atoms with Gasteiger partial charge in [0, 0.05) is 40.7 Å². The monoisotopic (exact) mass is 446 g/mol. The molecule has 2 aromatic heterocycles. The van der Waals surface area contributed by atoms with E-state index in [0.29, 0.717) is 36.3 Å². The van der Waals surface area contributed by atoms with E-state index in [1.807, 2.05) is 44.3 Å². The van der Waals surface area contributed by atoms with Gasteiger partial charge in [-0.3, -0.25) is 0 Å². The maximum atomic E-state index is 12.5. The Kier molecular flexibility index (Phi) is 6.49. The Morgan fingerprint density at radius 2 is 1.97 bits per heavy atom. The zero-order valence-corrected chi connectivity index (χ0v) is 18.9. The molecule has 0 aliphatic heterocycles. The highest BCUT2D eigenvalue weighted by molar-refractivity contribution is 5.85. The highest BCUT2D eigenvalue weighted by atomic mass is 16.6. The summed E-state index contributed by atoms with van der Waals surface area (Å²) in [5.41, 5.74) is 3.83. The summed E-state index contributed by atoms with van der Waals surface area (Å²) in [6, 6.07) is 12.4. The molecule has 0 radical (unpaired) electrons. The van der Waals surface area contributed by atoms with Crippen molar-refractivity contribution in [2.24, 2.45) is 0 Å². The van der Waals surface area contributed by atoms with Gasteiger partial charge in [0.2, 0.25) is 0 Å². The highest BCUT2D eigenvalue weighted by Crippen LogP contribution is 2.29. The first-order valence-electron chi connectivity index (χ1n) is 10.7. The number of fused-ring (bicyclic) bond motifs is 2. The summed E-state index contributed by atoms with van der Waals surface area (Å²) >= 11 is 0. The summed E-state index contributed by atoms with van der Waals surface area (Å²) in [5.74, 6) is 1.14. The number of carbonyl (C=O) groups is 1. The van der Waals surface area contributed by atoms with E-state index in [1.54, 1.807) is 25.3 Å². The Hall–Kier alpha value is -4.00. The van der Waals surface area contributed by atoms with Gasteiger partial charge in [-0.25, -0.2) is 9.59 Å². The minimum Gasteiger partial charge on any atom is -0.497 e. The normalized spacial score (nSPS) is 10.9. The number of nitrogens with one attached hydrogen (secondary N) is 2. The van der Waals surface area contributed by atoms with Crippen LogP contribution in [-0.4, -0.2) is 24.7 Å². The third kappa shape index (κ3) is 5.09. The molecule has 170 valence electrons. The number of amides is 1. The van der Waals surface area contributed by atoms with Gasteiger partial charge in [-0.1, -0.05) is 11.6 Å². The van der Waals surface area contributed by atoms with Crippen LogP contribution in [0.1, 0.15) is 25.0 Å². The molecule has 2 N–H and O–H groups in total. The molecule has 7 heteroatoms. The van der Waals surface area contributed by atoms with Crippen LogP contribution in [0.2, 0.25) is 0 Å². The number of hydrogen-bond donors (Lipinski definition) is 2. The van der Waals surface area contributed by atoms with Crippen molar-refractivity contribution in [3.8, 4) is 11.5 Å². The van der Waals surface area contributed by atoms with Gasteiger partial charge in [0.25, 0.3) is 0 Å². The first kappa shape index (κ1) is 22.2. The number of H-pyrrole nitrogens is 1. The summed E-state index contributed by atoms with van der Waals surface area (Å²) in [7, 11) is 1.63. The van der Waals surface area contributed by atoms with Gasteiger partial charge in [-0.05, 0) is 68.7 Å². The molecule has 7 nitrogen and oxygen atoms in total. The van der Waals surface area contributed by atoms with Crippen molar-refractivity contribution in [3.05, 3.63) is 81.9 Å². The minimum absolute atomic E-state index is 0.365. The van der Waals surface area contributed by atoms with E-state index in [2.05, 4.69) is 10.3 Å². The SMILES string of the molecule is COc1ccc2[nH]cc(CCNC(=O)Oc3ccc4ccc(=O)oc4c3CC=C(C)C)c2c1. The molecule has 0 bridgehead atoms. The molecule has 0 spiro atoms. The molecule has 0 fully saturated rings. The number of rotatable bonds is 7. The van der Waals surface area contributed by atoms with Gasteiger partial charge in [0.15, 0.2) is 0 Å². The minimum atomic E-state index is -0.566. The van der Waals surface area contributed by atoms with Crippen molar-refractivity contribution in [3.63, 3.8) is 0 Å². The topological polar surface area (TPSA) is 93.6 Å². The molecule has 2 heterocycles. The predicted octanol–water partition coefficient (Wildman–Crippen LogP) is 5.12. The van der Waals surface area contributed by atoms with Crippen molar-refractivity contribution < 1.29 is 18.7 Å². The third-order valence-electron chi connectivity index (χ3n) is 5.40. The molecule has 0 aliphatic rings. The van der Waals surface area contributed by atoms with Gasteiger partial charge in [0.05, 0.1) is 7.11 Å². The second-order valence-corrected chi connectivity index (χ2v) is 7.99. The largest absolute Gasteiger partial charge is 0.497 e. The van der Waals surface area contributed by atoms with Crippen LogP contribution in [-0.2, 0) is 12.8 Å². The summed E-state index contributed by atoms with van der Waals surface area (Å²) in [6.45, 7) is 4.36. The van der Waals surface area contributed by atoms with Crippen molar-refractivity contribution in [1.29, 1.82) is 0 Å². The van der Waals surface area contributed by atoms with E-state index in [9.17, 15) is 9.59 Å². The zero-order chi connectivity index (χ0) is 23.4. The maximum absolute atomic E-state index is 12.5. The van der Waals surface area contributed by atoms with E-state index < -0.39 is 11.7 Å². The second-order valence-electron chi connectivity index (χ2n) is 7.99.